The summed E-state index contributed by atoms with van der Waals surface area (Å²) < 4.78 is 16.0. The van der Waals surface area contributed by atoms with Crippen molar-refractivity contribution in [1.82, 2.24) is 5.32 Å². The molecule has 8 nitrogen and oxygen atoms in total. The van der Waals surface area contributed by atoms with Crippen molar-refractivity contribution >= 4 is 23.8 Å². The molecule has 0 saturated carbocycles. The molecule has 0 aliphatic carbocycles. The molecule has 0 radical (unpaired) electrons. The summed E-state index contributed by atoms with van der Waals surface area (Å²) in [6, 6.07) is 14.7. The zero-order valence-electron chi connectivity index (χ0n) is 19.9. The van der Waals surface area contributed by atoms with Gasteiger partial charge in [-0.1, -0.05) is 42.5 Å². The Labute approximate surface area is 194 Å². The monoisotopic (exact) mass is 456 g/mol. The maximum atomic E-state index is 12.8. The third-order valence-corrected chi connectivity index (χ3v) is 3.98. The second-order valence-electron chi connectivity index (χ2n) is 9.42. The average Bonchev–Trinajstić information content (AvgIpc) is 2.69. The Balaban J connectivity index is 2.15. The Bertz CT molecular complexity index is 961. The molecule has 8 heteroatoms. The van der Waals surface area contributed by atoms with Gasteiger partial charge in [0.1, 0.15) is 17.8 Å². The van der Waals surface area contributed by atoms with E-state index in [1.54, 1.807) is 65.8 Å². The number of hydrogen-bond donors (Lipinski definition) is 2. The van der Waals surface area contributed by atoms with Crippen LogP contribution in [0.5, 0.6) is 0 Å². The first-order valence-corrected chi connectivity index (χ1v) is 10.6. The number of carbonyl (C=O) groups excluding carboxylic acids is 3. The van der Waals surface area contributed by atoms with Crippen LogP contribution in [-0.4, -0.2) is 29.4 Å². The minimum absolute atomic E-state index is 0.118. The van der Waals surface area contributed by atoms with Crippen molar-refractivity contribution in [3.8, 4) is 0 Å². The number of anilines is 1. The van der Waals surface area contributed by atoms with Crippen molar-refractivity contribution in [2.45, 2.75) is 65.4 Å². The van der Waals surface area contributed by atoms with Crippen LogP contribution in [0.3, 0.4) is 0 Å². The van der Waals surface area contributed by atoms with Crippen molar-refractivity contribution < 1.29 is 28.6 Å². The quantitative estimate of drug-likeness (QED) is 0.449. The van der Waals surface area contributed by atoms with E-state index in [4.69, 9.17) is 14.2 Å². The van der Waals surface area contributed by atoms with Crippen LogP contribution in [0.1, 0.15) is 58.7 Å². The first kappa shape index (κ1) is 25.7. The number of esters is 1. The summed E-state index contributed by atoms with van der Waals surface area (Å²) in [6.45, 7) is 10.5. The fraction of sp³-hybridized carbons (Fsp3) is 0.400. The van der Waals surface area contributed by atoms with Crippen LogP contribution in [0.25, 0.3) is 0 Å². The van der Waals surface area contributed by atoms with Crippen molar-refractivity contribution in [1.29, 1.82) is 0 Å². The average molecular weight is 457 g/mol. The second kappa shape index (κ2) is 10.8. The molecule has 2 aromatic rings. The smallest absolute Gasteiger partial charge is 0.411 e. The van der Waals surface area contributed by atoms with Crippen molar-refractivity contribution in [2.24, 2.45) is 0 Å². The predicted molar refractivity (Wildman–Crippen MR) is 125 cm³/mol. The molecule has 1 atom stereocenters. The summed E-state index contributed by atoms with van der Waals surface area (Å²) >= 11 is 0. The fourth-order valence-electron chi connectivity index (χ4n) is 2.74. The van der Waals surface area contributed by atoms with Gasteiger partial charge in [0.15, 0.2) is 6.04 Å². The Morgan fingerprint density at radius 3 is 2.06 bits per heavy atom. The highest BCUT2D eigenvalue weighted by molar-refractivity contribution is 5.86. The van der Waals surface area contributed by atoms with E-state index in [9.17, 15) is 14.4 Å². The topological polar surface area (TPSA) is 103 Å². The molecule has 0 fully saturated rings. The minimum Gasteiger partial charge on any atom is -0.458 e. The number of rotatable bonds is 6. The van der Waals surface area contributed by atoms with Crippen molar-refractivity contribution in [3.63, 3.8) is 0 Å². The zero-order chi connectivity index (χ0) is 24.6. The largest absolute Gasteiger partial charge is 0.458 e. The van der Waals surface area contributed by atoms with Crippen molar-refractivity contribution in [2.75, 3.05) is 5.32 Å². The summed E-state index contributed by atoms with van der Waals surface area (Å²) in [5.41, 5.74) is 0.158. The van der Waals surface area contributed by atoms with E-state index < -0.39 is 35.4 Å². The van der Waals surface area contributed by atoms with Gasteiger partial charge in [-0.15, -0.1) is 0 Å². The standard InChI is InChI=1S/C25H32N2O6/c1-24(2,3)32-21(28)20(27-23(30)33-25(4,5)6)18-13-10-14-19(15-18)26-22(29)31-16-17-11-8-7-9-12-17/h7-15,20H,16H2,1-6H3,(H,26,29)(H,27,30)/t20-/m0/s1. The lowest BCUT2D eigenvalue weighted by Gasteiger charge is -2.26. The number of ether oxygens (including phenoxy) is 3. The lowest BCUT2D eigenvalue weighted by Crippen LogP contribution is -2.40. The van der Waals surface area contributed by atoms with Crippen LogP contribution in [0, 0.1) is 0 Å². The highest BCUT2D eigenvalue weighted by atomic mass is 16.6. The van der Waals surface area contributed by atoms with Crippen LogP contribution in [-0.2, 0) is 25.6 Å². The van der Waals surface area contributed by atoms with Crippen LogP contribution >= 0.6 is 0 Å². The third kappa shape index (κ3) is 9.64. The number of hydrogen-bond acceptors (Lipinski definition) is 6. The number of amides is 2. The van der Waals surface area contributed by atoms with Gasteiger partial charge in [-0.2, -0.15) is 0 Å². The van der Waals surface area contributed by atoms with E-state index in [-0.39, 0.29) is 6.61 Å². The maximum Gasteiger partial charge on any atom is 0.411 e. The molecule has 0 aliphatic heterocycles. The number of nitrogens with one attached hydrogen (secondary N) is 2. The van der Waals surface area contributed by atoms with Gasteiger partial charge in [-0.05, 0) is 64.8 Å². The van der Waals surface area contributed by atoms with E-state index in [1.165, 1.54) is 0 Å². The van der Waals surface area contributed by atoms with Crippen LogP contribution < -0.4 is 10.6 Å². The Hall–Kier alpha value is -3.55. The lowest BCUT2D eigenvalue weighted by atomic mass is 10.1. The molecule has 0 bridgehead atoms. The van der Waals surface area contributed by atoms with Gasteiger partial charge >= 0.3 is 18.2 Å². The van der Waals surface area contributed by atoms with E-state index >= 15 is 0 Å². The second-order valence-corrected chi connectivity index (χ2v) is 9.42. The Morgan fingerprint density at radius 2 is 1.45 bits per heavy atom. The predicted octanol–water partition coefficient (Wildman–Crippen LogP) is 5.34. The minimum atomic E-state index is -1.14. The zero-order valence-corrected chi connectivity index (χ0v) is 19.9. The molecule has 2 rings (SSSR count). The molecule has 0 heterocycles. The Morgan fingerprint density at radius 1 is 0.818 bits per heavy atom. The van der Waals surface area contributed by atoms with Gasteiger partial charge in [-0.25, -0.2) is 14.4 Å². The summed E-state index contributed by atoms with van der Waals surface area (Å²) in [5.74, 6) is -0.655. The SMILES string of the molecule is CC(C)(C)OC(=O)N[C@H](C(=O)OC(C)(C)C)c1cccc(NC(=O)OCc2ccccc2)c1. The van der Waals surface area contributed by atoms with E-state index in [0.29, 0.717) is 11.3 Å². The van der Waals surface area contributed by atoms with E-state index in [0.717, 1.165) is 5.56 Å². The molecule has 33 heavy (non-hydrogen) atoms. The molecule has 0 aliphatic rings. The molecule has 178 valence electrons. The maximum absolute atomic E-state index is 12.8. The molecule has 0 unspecified atom stereocenters. The molecule has 0 saturated heterocycles. The summed E-state index contributed by atoms with van der Waals surface area (Å²) in [5, 5.41) is 5.19. The first-order chi connectivity index (χ1) is 15.3. The van der Waals surface area contributed by atoms with Gasteiger partial charge in [0.05, 0.1) is 0 Å². The first-order valence-electron chi connectivity index (χ1n) is 10.6. The van der Waals surface area contributed by atoms with Gasteiger partial charge in [0, 0.05) is 5.69 Å². The molecule has 2 amide bonds. The lowest BCUT2D eigenvalue weighted by molar-refractivity contribution is -0.157. The molecular weight excluding hydrogens is 424 g/mol. The normalized spacial score (nSPS) is 12.3. The fourth-order valence-corrected chi connectivity index (χ4v) is 2.74. The molecule has 2 aromatic carbocycles. The van der Waals surface area contributed by atoms with E-state index in [1.807, 2.05) is 30.3 Å². The molecule has 2 N–H and O–H groups in total. The molecule has 0 aromatic heterocycles. The Kier molecular flexibility index (Phi) is 8.45. The van der Waals surface area contributed by atoms with Crippen LogP contribution in [0.2, 0.25) is 0 Å². The number of benzene rings is 2. The van der Waals surface area contributed by atoms with Gasteiger partial charge in [0.25, 0.3) is 0 Å². The number of alkyl carbamates (subject to hydrolysis) is 1. The molecule has 0 spiro atoms. The third-order valence-electron chi connectivity index (χ3n) is 3.98. The van der Waals surface area contributed by atoms with Gasteiger partial charge in [-0.3, -0.25) is 5.32 Å². The van der Waals surface area contributed by atoms with Gasteiger partial charge in [0.2, 0.25) is 0 Å². The summed E-state index contributed by atoms with van der Waals surface area (Å²) in [7, 11) is 0. The summed E-state index contributed by atoms with van der Waals surface area (Å²) in [6.07, 6.45) is -1.41. The van der Waals surface area contributed by atoms with Crippen LogP contribution in [0.4, 0.5) is 15.3 Å². The van der Waals surface area contributed by atoms with E-state index in [2.05, 4.69) is 10.6 Å². The highest BCUT2D eigenvalue weighted by Crippen LogP contribution is 2.23. The number of carbonyl (C=O) groups is 3. The summed E-state index contributed by atoms with van der Waals surface area (Å²) in [4.78, 5) is 37.4. The van der Waals surface area contributed by atoms with Gasteiger partial charge < -0.3 is 19.5 Å². The van der Waals surface area contributed by atoms with Crippen molar-refractivity contribution in [3.05, 3.63) is 65.7 Å². The van der Waals surface area contributed by atoms with Crippen LogP contribution in [0.15, 0.2) is 54.6 Å². The highest BCUT2D eigenvalue weighted by Gasteiger charge is 2.30. The molecular formula is C25H32N2O6.